The van der Waals surface area contributed by atoms with Crippen LogP contribution in [0.4, 0.5) is 10.5 Å². The maximum atomic E-state index is 12.9. The van der Waals surface area contributed by atoms with E-state index in [9.17, 15) is 9.59 Å². The van der Waals surface area contributed by atoms with Crippen molar-refractivity contribution in [1.29, 1.82) is 0 Å². The Balaban J connectivity index is 1.53. The van der Waals surface area contributed by atoms with E-state index in [-0.39, 0.29) is 12.6 Å². The van der Waals surface area contributed by atoms with Crippen LogP contribution < -0.4 is 15.5 Å². The summed E-state index contributed by atoms with van der Waals surface area (Å²) in [5.41, 5.74) is 3.04. The Morgan fingerprint density at radius 2 is 1.75 bits per heavy atom. The van der Waals surface area contributed by atoms with Crippen molar-refractivity contribution in [2.24, 2.45) is 0 Å². The van der Waals surface area contributed by atoms with Crippen molar-refractivity contribution in [2.75, 3.05) is 44.2 Å². The molecule has 4 rings (SSSR count). The van der Waals surface area contributed by atoms with Crippen molar-refractivity contribution in [3.8, 4) is 0 Å². The Morgan fingerprint density at radius 1 is 1.06 bits per heavy atom. The van der Waals surface area contributed by atoms with Gasteiger partial charge in [-0.3, -0.25) is 4.90 Å². The molecule has 0 bridgehead atoms. The summed E-state index contributed by atoms with van der Waals surface area (Å²) in [6, 6.07) is 16.5. The van der Waals surface area contributed by atoms with Crippen LogP contribution in [0.1, 0.15) is 18.5 Å². The Morgan fingerprint density at radius 3 is 2.41 bits per heavy atom. The van der Waals surface area contributed by atoms with Crippen LogP contribution >= 0.6 is 11.6 Å². The van der Waals surface area contributed by atoms with Gasteiger partial charge in [0.05, 0.1) is 18.2 Å². The zero-order valence-electron chi connectivity index (χ0n) is 18.0. The lowest BCUT2D eigenvalue weighted by Gasteiger charge is -2.38. The number of nitrogens with one attached hydrogen (secondary N) is 2. The Bertz CT molecular complexity index is 986. The number of carbonyl (C=O) groups excluding carboxylic acids is 2. The first-order valence-electron chi connectivity index (χ1n) is 10.8. The summed E-state index contributed by atoms with van der Waals surface area (Å²) in [6.45, 7) is 5.82. The first-order chi connectivity index (χ1) is 15.5. The van der Waals surface area contributed by atoms with Crippen LogP contribution in [0, 0.1) is 0 Å². The van der Waals surface area contributed by atoms with Gasteiger partial charge in [0.15, 0.2) is 0 Å². The van der Waals surface area contributed by atoms with E-state index in [1.54, 1.807) is 6.92 Å². The number of benzene rings is 2. The SMILES string of the molecule is CCOC(=O)C1=C(CN2CCN(c3ccc(Cl)cc3)CC2)NC(=O)N[C@H]1c1ccccc1. The molecular formula is C24H27ClN4O3. The molecule has 0 aliphatic carbocycles. The Kier molecular flexibility index (Phi) is 6.97. The van der Waals surface area contributed by atoms with Crippen molar-refractivity contribution < 1.29 is 14.3 Å². The lowest BCUT2D eigenvalue weighted by molar-refractivity contribution is -0.139. The summed E-state index contributed by atoms with van der Waals surface area (Å²) in [4.78, 5) is 29.9. The zero-order valence-corrected chi connectivity index (χ0v) is 18.8. The molecule has 2 aromatic carbocycles. The van der Waals surface area contributed by atoms with Crippen molar-refractivity contribution in [1.82, 2.24) is 15.5 Å². The zero-order chi connectivity index (χ0) is 22.5. The maximum absolute atomic E-state index is 12.9. The summed E-state index contributed by atoms with van der Waals surface area (Å²) in [5.74, 6) is -0.413. The first-order valence-corrected chi connectivity index (χ1v) is 11.2. The topological polar surface area (TPSA) is 73.9 Å². The van der Waals surface area contributed by atoms with E-state index < -0.39 is 12.0 Å². The highest BCUT2D eigenvalue weighted by Crippen LogP contribution is 2.28. The van der Waals surface area contributed by atoms with Gasteiger partial charge in [0.2, 0.25) is 0 Å². The van der Waals surface area contributed by atoms with Crippen LogP contribution in [-0.4, -0.2) is 56.2 Å². The van der Waals surface area contributed by atoms with Crippen LogP contribution in [0.25, 0.3) is 0 Å². The van der Waals surface area contributed by atoms with Gasteiger partial charge < -0.3 is 20.3 Å². The fraction of sp³-hybridized carbons (Fsp3) is 0.333. The van der Waals surface area contributed by atoms with Crippen LogP contribution in [0.3, 0.4) is 0 Å². The van der Waals surface area contributed by atoms with E-state index in [4.69, 9.17) is 16.3 Å². The second-order valence-corrected chi connectivity index (χ2v) is 8.23. The standard InChI is InChI=1S/C24H27ClN4O3/c1-2-32-23(30)21-20(26-24(31)27-22(21)17-6-4-3-5-7-17)16-28-12-14-29(15-13-28)19-10-8-18(25)9-11-19/h3-11,22H,2,12-16H2,1H3,(H2,26,27,31)/t22-/m0/s1. The summed E-state index contributed by atoms with van der Waals surface area (Å²) in [7, 11) is 0. The van der Waals surface area contributed by atoms with Gasteiger partial charge in [-0.05, 0) is 36.8 Å². The monoisotopic (exact) mass is 454 g/mol. The second-order valence-electron chi connectivity index (χ2n) is 7.79. The minimum Gasteiger partial charge on any atom is -0.463 e. The number of halogens is 1. The number of esters is 1. The fourth-order valence-electron chi connectivity index (χ4n) is 4.13. The van der Waals surface area contributed by atoms with Gasteiger partial charge in [-0.25, -0.2) is 9.59 Å². The number of carbonyl (C=O) groups is 2. The lowest BCUT2D eigenvalue weighted by Crippen LogP contribution is -2.51. The molecule has 8 heteroatoms. The molecule has 2 heterocycles. The largest absolute Gasteiger partial charge is 0.463 e. The fourth-order valence-corrected chi connectivity index (χ4v) is 4.25. The van der Waals surface area contributed by atoms with E-state index >= 15 is 0 Å². The number of ether oxygens (including phenoxy) is 1. The number of nitrogens with zero attached hydrogens (tertiary/aromatic N) is 2. The molecule has 1 saturated heterocycles. The molecule has 0 spiro atoms. The van der Waals surface area contributed by atoms with Gasteiger partial charge in [-0.15, -0.1) is 0 Å². The number of piperazine rings is 1. The van der Waals surface area contributed by atoms with Crippen LogP contribution in [0.5, 0.6) is 0 Å². The van der Waals surface area contributed by atoms with Crippen LogP contribution in [0.15, 0.2) is 65.9 Å². The van der Waals surface area contributed by atoms with Gasteiger partial charge in [0.1, 0.15) is 0 Å². The van der Waals surface area contributed by atoms with Gasteiger partial charge >= 0.3 is 12.0 Å². The maximum Gasteiger partial charge on any atom is 0.338 e. The molecule has 2 aliphatic heterocycles. The van der Waals surface area contributed by atoms with E-state index in [1.165, 1.54) is 0 Å². The third kappa shape index (κ3) is 5.06. The first kappa shape index (κ1) is 22.2. The van der Waals surface area contributed by atoms with Gasteiger partial charge in [-0.1, -0.05) is 41.9 Å². The predicted octanol–water partition coefficient (Wildman–Crippen LogP) is 3.33. The number of hydrogen-bond acceptors (Lipinski definition) is 5. The molecule has 1 atom stereocenters. The molecule has 0 radical (unpaired) electrons. The molecule has 7 nitrogen and oxygen atoms in total. The summed E-state index contributed by atoms with van der Waals surface area (Å²) in [5, 5.41) is 6.46. The molecule has 0 saturated carbocycles. The normalized spacial score (nSPS) is 19.4. The quantitative estimate of drug-likeness (QED) is 0.655. The molecule has 1 fully saturated rings. The average Bonchev–Trinajstić information content (AvgIpc) is 2.80. The minimum absolute atomic E-state index is 0.269. The molecule has 2 N–H and O–H groups in total. The van der Waals surface area contributed by atoms with Crippen LogP contribution in [0.2, 0.25) is 5.02 Å². The van der Waals surface area contributed by atoms with Crippen LogP contribution in [-0.2, 0) is 9.53 Å². The summed E-state index contributed by atoms with van der Waals surface area (Å²) in [6.07, 6.45) is 0. The van der Waals surface area contributed by atoms with Crippen molar-refractivity contribution in [3.05, 3.63) is 76.5 Å². The van der Waals surface area contributed by atoms with E-state index in [2.05, 4.69) is 20.4 Å². The number of anilines is 1. The predicted molar refractivity (Wildman–Crippen MR) is 125 cm³/mol. The smallest absolute Gasteiger partial charge is 0.338 e. The van der Waals surface area contributed by atoms with Crippen molar-refractivity contribution in [2.45, 2.75) is 13.0 Å². The molecule has 0 aromatic heterocycles. The number of urea groups is 1. The molecule has 0 unspecified atom stereocenters. The number of rotatable bonds is 6. The molecular weight excluding hydrogens is 428 g/mol. The van der Waals surface area contributed by atoms with E-state index in [0.29, 0.717) is 17.8 Å². The lowest BCUT2D eigenvalue weighted by atomic mass is 9.95. The van der Waals surface area contributed by atoms with Gasteiger partial charge in [0.25, 0.3) is 0 Å². The van der Waals surface area contributed by atoms with Crippen molar-refractivity contribution >= 4 is 29.3 Å². The highest BCUT2D eigenvalue weighted by atomic mass is 35.5. The second kappa shape index (κ2) is 10.1. The molecule has 2 aromatic rings. The molecule has 168 valence electrons. The molecule has 2 amide bonds. The third-order valence-electron chi connectivity index (χ3n) is 5.73. The summed E-state index contributed by atoms with van der Waals surface area (Å²) >= 11 is 6.00. The molecule has 32 heavy (non-hydrogen) atoms. The number of hydrogen-bond donors (Lipinski definition) is 2. The van der Waals surface area contributed by atoms with Crippen molar-refractivity contribution in [3.63, 3.8) is 0 Å². The Labute approximate surface area is 193 Å². The van der Waals surface area contributed by atoms with Gasteiger partial charge in [-0.2, -0.15) is 0 Å². The average molecular weight is 455 g/mol. The number of amides is 2. The van der Waals surface area contributed by atoms with E-state index in [0.717, 1.165) is 42.5 Å². The Hall–Kier alpha value is -3.03. The molecule has 2 aliphatic rings. The highest BCUT2D eigenvalue weighted by Gasteiger charge is 2.34. The highest BCUT2D eigenvalue weighted by molar-refractivity contribution is 6.30. The minimum atomic E-state index is -0.547. The summed E-state index contributed by atoms with van der Waals surface area (Å²) < 4.78 is 5.35. The van der Waals surface area contributed by atoms with E-state index in [1.807, 2.05) is 54.6 Å². The third-order valence-corrected chi connectivity index (χ3v) is 5.98. The van der Waals surface area contributed by atoms with Gasteiger partial charge in [0, 0.05) is 49.1 Å².